The van der Waals surface area contributed by atoms with Crippen molar-refractivity contribution in [3.63, 3.8) is 0 Å². The minimum Gasteiger partial charge on any atom is -0.478 e. The fourth-order valence-corrected chi connectivity index (χ4v) is 4.45. The highest BCUT2D eigenvalue weighted by molar-refractivity contribution is 7.22. The first-order valence-electron chi connectivity index (χ1n) is 10.1. The summed E-state index contributed by atoms with van der Waals surface area (Å²) >= 11 is 7.56. The molecule has 0 spiro atoms. The number of aliphatic carboxylic acids is 1. The van der Waals surface area contributed by atoms with E-state index in [1.54, 1.807) is 18.5 Å². The Morgan fingerprint density at radius 3 is 2.82 bits per heavy atom. The van der Waals surface area contributed by atoms with Gasteiger partial charge in [0.05, 0.1) is 15.8 Å². The average molecular weight is 493 g/mol. The van der Waals surface area contributed by atoms with Gasteiger partial charge in [0.1, 0.15) is 29.1 Å². The molecule has 1 fully saturated rings. The number of hydrogen-bond donors (Lipinski definition) is 2. The van der Waals surface area contributed by atoms with Gasteiger partial charge in [-0.05, 0) is 36.6 Å². The molecule has 1 aliphatic rings. The summed E-state index contributed by atoms with van der Waals surface area (Å²) in [4.78, 5) is 30.8. The van der Waals surface area contributed by atoms with Crippen LogP contribution < -0.4 is 5.32 Å². The quantitative estimate of drug-likeness (QED) is 0.285. The molecular formula is C22H22ClFN4O4S. The van der Waals surface area contributed by atoms with Gasteiger partial charge in [0.2, 0.25) is 0 Å². The Hall–Kier alpha value is -3.08. The van der Waals surface area contributed by atoms with Crippen molar-refractivity contribution in [1.82, 2.24) is 14.9 Å². The zero-order valence-electron chi connectivity index (χ0n) is 17.5. The summed E-state index contributed by atoms with van der Waals surface area (Å²) in [5.41, 5.74) is 1.02. The van der Waals surface area contributed by atoms with E-state index in [2.05, 4.69) is 24.9 Å². The van der Waals surface area contributed by atoms with E-state index < -0.39 is 5.97 Å². The molecule has 1 aromatic carbocycles. The predicted molar refractivity (Wildman–Crippen MR) is 125 cm³/mol. The summed E-state index contributed by atoms with van der Waals surface area (Å²) in [6.45, 7) is 2.89. The summed E-state index contributed by atoms with van der Waals surface area (Å²) in [6.07, 6.45) is 5.14. The van der Waals surface area contributed by atoms with Crippen molar-refractivity contribution in [1.29, 1.82) is 0 Å². The number of fused-ring (bicyclic) bond motifs is 1. The van der Waals surface area contributed by atoms with Crippen molar-refractivity contribution in [3.8, 4) is 0 Å². The van der Waals surface area contributed by atoms with Gasteiger partial charge in [-0.1, -0.05) is 23.7 Å². The second-order valence-electron chi connectivity index (χ2n) is 7.19. The van der Waals surface area contributed by atoms with Crippen LogP contribution in [0.1, 0.15) is 18.4 Å². The third-order valence-electron chi connectivity index (χ3n) is 4.87. The van der Waals surface area contributed by atoms with Crippen molar-refractivity contribution in [2.24, 2.45) is 0 Å². The monoisotopic (exact) mass is 492 g/mol. The minimum atomic E-state index is -1.15. The number of carbonyl (C=O) groups excluding carboxylic acids is 1. The van der Waals surface area contributed by atoms with E-state index in [9.17, 15) is 14.0 Å². The number of piperidine rings is 1. The number of ether oxygens (including phenoxy) is 1. The molecule has 174 valence electrons. The van der Waals surface area contributed by atoms with Crippen molar-refractivity contribution >= 4 is 51.4 Å². The number of carboxylic acids is 1. The second-order valence-corrected chi connectivity index (χ2v) is 8.85. The molecule has 0 amide bonds. The number of benzene rings is 1. The number of thiophene rings is 1. The van der Waals surface area contributed by atoms with E-state index in [4.69, 9.17) is 16.7 Å². The number of hydrogen-bond acceptors (Lipinski definition) is 8. The molecule has 11 heteroatoms. The molecule has 0 atom stereocenters. The van der Waals surface area contributed by atoms with Gasteiger partial charge in [0.25, 0.3) is 6.47 Å². The number of carboxylic acid groups (broad SMARTS) is 1. The van der Waals surface area contributed by atoms with Gasteiger partial charge in [-0.25, -0.2) is 19.2 Å². The normalized spacial score (nSPS) is 14.6. The van der Waals surface area contributed by atoms with Gasteiger partial charge < -0.3 is 15.2 Å². The van der Waals surface area contributed by atoms with E-state index in [0.29, 0.717) is 12.1 Å². The third kappa shape index (κ3) is 7.77. The fraction of sp³-hybridized carbons (Fsp3) is 0.273. The van der Waals surface area contributed by atoms with E-state index in [1.807, 2.05) is 12.1 Å². The molecule has 8 nitrogen and oxygen atoms in total. The van der Waals surface area contributed by atoms with Crippen LogP contribution in [0.3, 0.4) is 0 Å². The predicted octanol–water partition coefficient (Wildman–Crippen LogP) is 4.32. The molecule has 4 rings (SSSR count). The summed E-state index contributed by atoms with van der Waals surface area (Å²) in [5.74, 6) is -0.458. The van der Waals surface area contributed by atoms with Crippen LogP contribution in [0.15, 0.2) is 49.0 Å². The highest BCUT2D eigenvalue weighted by Gasteiger charge is 2.20. The van der Waals surface area contributed by atoms with Crippen molar-refractivity contribution in [2.75, 3.05) is 18.4 Å². The Labute approximate surface area is 198 Å². The fourth-order valence-electron chi connectivity index (χ4n) is 3.39. The van der Waals surface area contributed by atoms with Crippen molar-refractivity contribution in [2.45, 2.75) is 25.4 Å². The number of halogens is 2. The topological polar surface area (TPSA) is 105 Å². The zero-order chi connectivity index (χ0) is 23.6. The SMILES string of the molecule is Fc1cccc(CN2CCC(Nc3ncnc4sc(Cl)cc34)CC2)c1.O=CO/C=C\C(=O)O. The van der Waals surface area contributed by atoms with Gasteiger partial charge in [-0.3, -0.25) is 9.69 Å². The van der Waals surface area contributed by atoms with Crippen LogP contribution in [0.4, 0.5) is 10.2 Å². The lowest BCUT2D eigenvalue weighted by Gasteiger charge is -2.32. The zero-order valence-corrected chi connectivity index (χ0v) is 19.1. The smallest absolute Gasteiger partial charge is 0.331 e. The summed E-state index contributed by atoms with van der Waals surface area (Å²) in [7, 11) is 0. The Morgan fingerprint density at radius 2 is 2.12 bits per heavy atom. The van der Waals surface area contributed by atoms with E-state index in [0.717, 1.165) is 64.7 Å². The lowest BCUT2D eigenvalue weighted by atomic mass is 10.0. The number of rotatable bonds is 7. The molecule has 1 aliphatic heterocycles. The minimum absolute atomic E-state index is 0.138. The Morgan fingerprint density at radius 1 is 1.33 bits per heavy atom. The maximum absolute atomic E-state index is 13.3. The molecule has 33 heavy (non-hydrogen) atoms. The van der Waals surface area contributed by atoms with Gasteiger partial charge >= 0.3 is 5.97 Å². The standard InChI is InChI=1S/C18H18ClFN4S.C4H4O4/c19-16-9-15-17(21-11-22-18(15)25-16)23-14-4-6-24(7-5-14)10-12-2-1-3-13(20)8-12;5-3-8-2-1-4(6)7/h1-3,8-9,11,14H,4-7,10H2,(H,21,22,23);1-3H,(H,6,7)/b;2-1-. The third-order valence-corrected chi connectivity index (χ3v) is 6.04. The number of nitrogens with zero attached hydrogens (tertiary/aromatic N) is 3. The molecule has 0 saturated carbocycles. The molecular weight excluding hydrogens is 471 g/mol. The van der Waals surface area contributed by atoms with Crippen LogP contribution in [-0.2, 0) is 20.9 Å². The van der Waals surface area contributed by atoms with Gasteiger partial charge in [-0.15, -0.1) is 11.3 Å². The molecule has 3 aromatic rings. The average Bonchev–Trinajstić information content (AvgIpc) is 3.17. The second kappa shape index (κ2) is 12.2. The van der Waals surface area contributed by atoms with Gasteiger partial charge in [0, 0.05) is 25.7 Å². The summed E-state index contributed by atoms with van der Waals surface area (Å²) in [6, 6.07) is 9.14. The maximum atomic E-state index is 13.3. The van der Waals surface area contributed by atoms with Gasteiger partial charge in [-0.2, -0.15) is 0 Å². The molecule has 0 aliphatic carbocycles. The summed E-state index contributed by atoms with van der Waals surface area (Å²) in [5, 5.41) is 12.4. The maximum Gasteiger partial charge on any atom is 0.331 e. The number of likely N-dealkylation sites (tertiary alicyclic amines) is 1. The molecule has 3 heterocycles. The number of nitrogens with one attached hydrogen (secondary N) is 1. The van der Waals surface area contributed by atoms with E-state index in [-0.39, 0.29) is 12.3 Å². The summed E-state index contributed by atoms with van der Waals surface area (Å²) < 4.78 is 17.9. The molecule has 0 bridgehead atoms. The lowest BCUT2D eigenvalue weighted by Crippen LogP contribution is -2.38. The first kappa shape index (κ1) is 24.6. The lowest BCUT2D eigenvalue weighted by molar-refractivity contribution is -0.131. The van der Waals surface area contributed by atoms with Gasteiger partial charge in [0.15, 0.2) is 0 Å². The molecule has 1 saturated heterocycles. The number of anilines is 1. The molecule has 0 radical (unpaired) electrons. The van der Waals surface area contributed by atoms with E-state index in [1.165, 1.54) is 17.4 Å². The number of aromatic nitrogens is 2. The Balaban J connectivity index is 0.000000331. The molecule has 0 unspecified atom stereocenters. The first-order chi connectivity index (χ1) is 15.9. The van der Waals surface area contributed by atoms with Crippen LogP contribution in [0, 0.1) is 5.82 Å². The van der Waals surface area contributed by atoms with Crippen LogP contribution >= 0.6 is 22.9 Å². The van der Waals surface area contributed by atoms with Crippen LogP contribution in [0.2, 0.25) is 4.34 Å². The van der Waals surface area contributed by atoms with Crippen LogP contribution in [0.25, 0.3) is 10.2 Å². The highest BCUT2D eigenvalue weighted by atomic mass is 35.5. The van der Waals surface area contributed by atoms with Crippen LogP contribution in [-0.4, -0.2) is 51.5 Å². The largest absolute Gasteiger partial charge is 0.478 e. The van der Waals surface area contributed by atoms with E-state index >= 15 is 0 Å². The first-order valence-corrected chi connectivity index (χ1v) is 11.3. The van der Waals surface area contributed by atoms with Crippen molar-refractivity contribution < 1.29 is 23.8 Å². The van der Waals surface area contributed by atoms with Crippen molar-refractivity contribution in [3.05, 3.63) is 64.7 Å². The highest BCUT2D eigenvalue weighted by Crippen LogP contribution is 2.32. The molecule has 2 N–H and O–H groups in total. The van der Waals surface area contributed by atoms with Crippen LogP contribution in [0.5, 0.6) is 0 Å². The Kier molecular flexibility index (Phi) is 9.11. The Bertz CT molecular complexity index is 1120. The molecule has 2 aromatic heterocycles. The number of carbonyl (C=O) groups is 2.